The van der Waals surface area contributed by atoms with Crippen LogP contribution in [0.5, 0.6) is 0 Å². The maximum absolute atomic E-state index is 12.2. The molecule has 2 aromatic rings. The van der Waals surface area contributed by atoms with Gasteiger partial charge < -0.3 is 20.5 Å². The van der Waals surface area contributed by atoms with Gasteiger partial charge in [0.25, 0.3) is 5.91 Å². The number of carbonyl (C=O) groups excluding carboxylic acids is 1. The topological polar surface area (TPSA) is 71.0 Å². The van der Waals surface area contributed by atoms with Crippen molar-refractivity contribution in [2.24, 2.45) is 0 Å². The van der Waals surface area contributed by atoms with Crippen molar-refractivity contribution < 1.29 is 4.79 Å². The average molecular weight is 271 g/mol. The Bertz CT molecular complexity index is 594. The lowest BCUT2D eigenvalue weighted by Gasteiger charge is -2.22. The van der Waals surface area contributed by atoms with Crippen molar-refractivity contribution in [3.8, 4) is 0 Å². The van der Waals surface area contributed by atoms with Gasteiger partial charge in [-0.3, -0.25) is 4.79 Å². The van der Waals surface area contributed by atoms with Crippen LogP contribution in [0.2, 0.25) is 0 Å². The van der Waals surface area contributed by atoms with Crippen LogP contribution in [-0.4, -0.2) is 35.1 Å². The molecule has 0 spiro atoms. The number of nitrogens with zero attached hydrogens (tertiary/aromatic N) is 2. The Kier molecular flexibility index (Phi) is 3.54. The molecule has 20 heavy (non-hydrogen) atoms. The second-order valence-corrected chi connectivity index (χ2v) is 4.64. The molecule has 0 bridgehead atoms. The molecule has 0 saturated heterocycles. The van der Waals surface area contributed by atoms with Crippen molar-refractivity contribution in [2.75, 3.05) is 30.3 Å². The highest BCUT2D eigenvalue weighted by Crippen LogP contribution is 2.28. The molecular weight excluding hydrogens is 254 g/mol. The number of nitrogens with one attached hydrogen (secondary N) is 3. The van der Waals surface area contributed by atoms with E-state index in [-0.39, 0.29) is 5.91 Å². The van der Waals surface area contributed by atoms with Gasteiger partial charge in [-0.15, -0.1) is 0 Å². The molecule has 6 nitrogen and oxygen atoms in total. The van der Waals surface area contributed by atoms with Crippen LogP contribution in [0.3, 0.4) is 0 Å². The zero-order chi connectivity index (χ0) is 13.8. The second kappa shape index (κ2) is 5.64. The van der Waals surface area contributed by atoms with E-state index in [1.165, 1.54) is 0 Å². The molecule has 0 atom stereocenters. The molecule has 104 valence electrons. The summed E-state index contributed by atoms with van der Waals surface area (Å²) in [7, 11) is 0. The molecule has 0 radical (unpaired) electrons. The smallest absolute Gasteiger partial charge is 0.253 e. The molecule has 0 aliphatic carbocycles. The summed E-state index contributed by atoms with van der Waals surface area (Å²) in [5.41, 5.74) is 2.55. The summed E-state index contributed by atoms with van der Waals surface area (Å²) in [4.78, 5) is 16.2. The average Bonchev–Trinajstić information content (AvgIpc) is 3.00. The highest BCUT2D eigenvalue weighted by molar-refractivity contribution is 6.02. The van der Waals surface area contributed by atoms with Crippen molar-refractivity contribution in [1.82, 2.24) is 14.9 Å². The van der Waals surface area contributed by atoms with Gasteiger partial charge in [-0.1, -0.05) is 6.07 Å². The molecule has 1 aliphatic rings. The Balaban J connectivity index is 1.65. The Hall–Kier alpha value is -2.50. The van der Waals surface area contributed by atoms with Crippen LogP contribution in [0, 0.1) is 0 Å². The number of carbonyl (C=O) groups is 1. The SMILES string of the molecule is O=C(NCCn1ccnc1)c1cccc2c1NCCN2. The predicted octanol–water partition coefficient (Wildman–Crippen LogP) is 1.15. The number of hydrogen-bond donors (Lipinski definition) is 3. The molecule has 3 rings (SSSR count). The van der Waals surface area contributed by atoms with Crippen molar-refractivity contribution in [2.45, 2.75) is 6.54 Å². The lowest BCUT2D eigenvalue weighted by molar-refractivity contribution is 0.0953. The summed E-state index contributed by atoms with van der Waals surface area (Å²) >= 11 is 0. The van der Waals surface area contributed by atoms with E-state index in [0.29, 0.717) is 18.7 Å². The van der Waals surface area contributed by atoms with Gasteiger partial charge in [0.15, 0.2) is 0 Å². The summed E-state index contributed by atoms with van der Waals surface area (Å²) < 4.78 is 1.93. The maximum atomic E-state index is 12.2. The fourth-order valence-corrected chi connectivity index (χ4v) is 2.28. The van der Waals surface area contributed by atoms with E-state index >= 15 is 0 Å². The lowest BCUT2D eigenvalue weighted by atomic mass is 10.1. The first-order valence-corrected chi connectivity index (χ1v) is 6.69. The van der Waals surface area contributed by atoms with Crippen molar-refractivity contribution in [3.63, 3.8) is 0 Å². The summed E-state index contributed by atoms with van der Waals surface area (Å²) in [5.74, 6) is -0.0573. The molecule has 3 N–H and O–H groups in total. The Morgan fingerprint density at radius 1 is 1.35 bits per heavy atom. The van der Waals surface area contributed by atoms with E-state index < -0.39 is 0 Å². The predicted molar refractivity (Wildman–Crippen MR) is 78.0 cm³/mol. The van der Waals surface area contributed by atoms with Gasteiger partial charge in [-0.25, -0.2) is 4.98 Å². The molecule has 0 saturated carbocycles. The van der Waals surface area contributed by atoms with Gasteiger partial charge in [-0.05, 0) is 12.1 Å². The number of para-hydroxylation sites is 1. The van der Waals surface area contributed by atoms with Crippen molar-refractivity contribution in [1.29, 1.82) is 0 Å². The van der Waals surface area contributed by atoms with Crippen LogP contribution in [0.15, 0.2) is 36.9 Å². The number of imidazole rings is 1. The molecule has 0 fully saturated rings. The number of hydrogen-bond acceptors (Lipinski definition) is 4. The third kappa shape index (κ3) is 2.59. The largest absolute Gasteiger partial charge is 0.382 e. The van der Waals surface area contributed by atoms with Gasteiger partial charge in [0.05, 0.1) is 23.3 Å². The minimum atomic E-state index is -0.0573. The second-order valence-electron chi connectivity index (χ2n) is 4.64. The fraction of sp³-hybridized carbons (Fsp3) is 0.286. The van der Waals surface area contributed by atoms with E-state index in [1.807, 2.05) is 29.0 Å². The Labute approximate surface area is 117 Å². The highest BCUT2D eigenvalue weighted by atomic mass is 16.1. The molecule has 2 heterocycles. The van der Waals surface area contributed by atoms with Crippen LogP contribution in [0.4, 0.5) is 11.4 Å². The number of anilines is 2. The van der Waals surface area contributed by atoms with E-state index in [2.05, 4.69) is 20.9 Å². The number of rotatable bonds is 4. The normalized spacial score (nSPS) is 13.0. The third-order valence-corrected chi connectivity index (χ3v) is 3.27. The zero-order valence-corrected chi connectivity index (χ0v) is 11.1. The number of benzene rings is 1. The first-order valence-electron chi connectivity index (χ1n) is 6.69. The van der Waals surface area contributed by atoms with E-state index in [4.69, 9.17) is 0 Å². The molecule has 6 heteroatoms. The van der Waals surface area contributed by atoms with Crippen LogP contribution in [0.1, 0.15) is 10.4 Å². The molecule has 1 aromatic carbocycles. The molecule has 1 aromatic heterocycles. The number of aromatic nitrogens is 2. The summed E-state index contributed by atoms with van der Waals surface area (Å²) in [6.45, 7) is 2.99. The van der Waals surface area contributed by atoms with Gasteiger partial charge in [0.1, 0.15) is 0 Å². The fourth-order valence-electron chi connectivity index (χ4n) is 2.28. The van der Waals surface area contributed by atoms with Crippen LogP contribution < -0.4 is 16.0 Å². The molecule has 1 aliphatic heterocycles. The molecule has 0 unspecified atom stereocenters. The van der Waals surface area contributed by atoms with Crippen molar-refractivity contribution in [3.05, 3.63) is 42.5 Å². The van der Waals surface area contributed by atoms with Gasteiger partial charge in [0.2, 0.25) is 0 Å². The Morgan fingerprint density at radius 3 is 3.10 bits per heavy atom. The van der Waals surface area contributed by atoms with Crippen LogP contribution >= 0.6 is 0 Å². The number of amides is 1. The quantitative estimate of drug-likeness (QED) is 0.780. The van der Waals surface area contributed by atoms with Crippen molar-refractivity contribution >= 4 is 17.3 Å². The van der Waals surface area contributed by atoms with Gasteiger partial charge in [-0.2, -0.15) is 0 Å². The third-order valence-electron chi connectivity index (χ3n) is 3.27. The minimum absolute atomic E-state index is 0.0573. The van der Waals surface area contributed by atoms with E-state index in [9.17, 15) is 4.79 Å². The lowest BCUT2D eigenvalue weighted by Crippen LogP contribution is -2.29. The minimum Gasteiger partial charge on any atom is -0.382 e. The van der Waals surface area contributed by atoms with E-state index in [0.717, 1.165) is 24.5 Å². The summed E-state index contributed by atoms with van der Waals surface area (Å²) in [5, 5.41) is 9.49. The first-order chi connectivity index (χ1) is 9.84. The molecular formula is C14H17N5O. The maximum Gasteiger partial charge on any atom is 0.253 e. The van der Waals surface area contributed by atoms with E-state index in [1.54, 1.807) is 12.5 Å². The van der Waals surface area contributed by atoms with Gasteiger partial charge in [0, 0.05) is 38.6 Å². The van der Waals surface area contributed by atoms with Crippen LogP contribution in [0.25, 0.3) is 0 Å². The Morgan fingerprint density at radius 2 is 2.25 bits per heavy atom. The number of fused-ring (bicyclic) bond motifs is 1. The monoisotopic (exact) mass is 271 g/mol. The van der Waals surface area contributed by atoms with Gasteiger partial charge >= 0.3 is 0 Å². The summed E-state index contributed by atoms with van der Waals surface area (Å²) in [6, 6.07) is 5.71. The molecule has 1 amide bonds. The standard InChI is InChI=1S/C14H17N5O/c20-14(18-7-9-19-8-6-15-10-19)11-2-1-3-12-13(11)17-5-4-16-12/h1-3,6,8,10,16-17H,4-5,7,9H2,(H,18,20). The summed E-state index contributed by atoms with van der Waals surface area (Å²) in [6.07, 6.45) is 5.34. The van der Waals surface area contributed by atoms with Crippen LogP contribution in [-0.2, 0) is 6.54 Å². The zero-order valence-electron chi connectivity index (χ0n) is 11.1. The highest BCUT2D eigenvalue weighted by Gasteiger charge is 2.16. The first kappa shape index (κ1) is 12.5.